The van der Waals surface area contributed by atoms with E-state index in [4.69, 9.17) is 5.73 Å². The van der Waals surface area contributed by atoms with Crippen molar-refractivity contribution in [2.24, 2.45) is 11.7 Å². The highest BCUT2D eigenvalue weighted by Crippen LogP contribution is 2.13. The number of nitrogens with two attached hydrogens (primary N) is 1. The number of amides is 3. The highest BCUT2D eigenvalue weighted by molar-refractivity contribution is 5.97. The Hall–Kier alpha value is -2.11. The molecule has 0 radical (unpaired) electrons. The number of hydrogen-bond donors (Lipinski definition) is 3. The predicted molar refractivity (Wildman–Crippen MR) is 71.0 cm³/mol. The van der Waals surface area contributed by atoms with Gasteiger partial charge < -0.3 is 16.4 Å². The predicted octanol–water partition coefficient (Wildman–Crippen LogP) is 1.85. The fourth-order valence-electron chi connectivity index (χ4n) is 1.61. The molecule has 0 aromatic heterocycles. The number of carbonyl (C=O) groups excluding carboxylic acids is 2. The van der Waals surface area contributed by atoms with Gasteiger partial charge in [-0.3, -0.25) is 4.79 Å². The smallest absolute Gasteiger partial charge is 0.312 e. The maximum atomic E-state index is 12.8. The Morgan fingerprint density at radius 1 is 1.32 bits per heavy atom. The van der Waals surface area contributed by atoms with Crippen LogP contribution in [0, 0.1) is 11.7 Å². The van der Waals surface area contributed by atoms with Crippen LogP contribution in [0.5, 0.6) is 0 Å². The molecular formula is C13H18FN3O2. The molecule has 2 atom stereocenters. The van der Waals surface area contributed by atoms with Gasteiger partial charge in [-0.2, -0.15) is 0 Å². The fourth-order valence-corrected chi connectivity index (χ4v) is 1.61. The third kappa shape index (κ3) is 4.57. The van der Waals surface area contributed by atoms with Crippen LogP contribution < -0.4 is 16.4 Å². The molecule has 1 aromatic rings. The van der Waals surface area contributed by atoms with Gasteiger partial charge in [0.25, 0.3) is 0 Å². The van der Waals surface area contributed by atoms with Crippen molar-refractivity contribution in [1.29, 1.82) is 0 Å². The Labute approximate surface area is 111 Å². The number of hydrogen-bond acceptors (Lipinski definition) is 2. The number of rotatable bonds is 5. The zero-order valence-corrected chi connectivity index (χ0v) is 10.9. The van der Waals surface area contributed by atoms with Crippen LogP contribution in [0.1, 0.15) is 20.3 Å². The first kappa shape index (κ1) is 14.9. The lowest BCUT2D eigenvalue weighted by Gasteiger charge is -2.22. The SMILES string of the molecule is CC[C@H](C)[C@H](NC(N)=O)C(=O)Nc1ccc(F)cc1. The van der Waals surface area contributed by atoms with Crippen LogP contribution in [0.25, 0.3) is 0 Å². The maximum absolute atomic E-state index is 12.8. The summed E-state index contributed by atoms with van der Waals surface area (Å²) in [6, 6.07) is 3.92. The summed E-state index contributed by atoms with van der Waals surface area (Å²) >= 11 is 0. The van der Waals surface area contributed by atoms with Gasteiger partial charge in [0.15, 0.2) is 0 Å². The van der Waals surface area contributed by atoms with E-state index in [-0.39, 0.29) is 17.6 Å². The first-order valence-electron chi connectivity index (χ1n) is 6.06. The Balaban J connectivity index is 2.76. The van der Waals surface area contributed by atoms with E-state index in [1.807, 2.05) is 13.8 Å². The van der Waals surface area contributed by atoms with Gasteiger partial charge in [0.05, 0.1) is 0 Å². The van der Waals surface area contributed by atoms with Gasteiger partial charge in [-0.05, 0) is 30.2 Å². The lowest BCUT2D eigenvalue weighted by molar-refractivity contribution is -0.119. The number of benzene rings is 1. The molecule has 0 unspecified atom stereocenters. The number of carbonyl (C=O) groups is 2. The average molecular weight is 267 g/mol. The summed E-state index contributed by atoms with van der Waals surface area (Å²) < 4.78 is 12.8. The van der Waals surface area contributed by atoms with Crippen LogP contribution in [0.3, 0.4) is 0 Å². The molecule has 0 fully saturated rings. The topological polar surface area (TPSA) is 84.2 Å². The lowest BCUT2D eigenvalue weighted by Crippen LogP contribution is -2.49. The molecule has 0 bridgehead atoms. The molecule has 0 aliphatic rings. The number of urea groups is 1. The molecule has 1 aromatic carbocycles. The summed E-state index contributed by atoms with van der Waals surface area (Å²) in [6.45, 7) is 3.75. The Morgan fingerprint density at radius 3 is 2.37 bits per heavy atom. The molecule has 0 saturated heterocycles. The molecule has 1 rings (SSSR count). The molecule has 3 amide bonds. The molecule has 0 spiro atoms. The van der Waals surface area contributed by atoms with E-state index in [0.717, 1.165) is 0 Å². The summed E-state index contributed by atoms with van der Waals surface area (Å²) in [5.74, 6) is -0.820. The third-order valence-corrected chi connectivity index (χ3v) is 2.90. The average Bonchev–Trinajstić information content (AvgIpc) is 2.37. The van der Waals surface area contributed by atoms with Crippen molar-refractivity contribution in [1.82, 2.24) is 5.32 Å². The van der Waals surface area contributed by atoms with E-state index >= 15 is 0 Å². The van der Waals surface area contributed by atoms with E-state index in [0.29, 0.717) is 12.1 Å². The van der Waals surface area contributed by atoms with Crippen molar-refractivity contribution < 1.29 is 14.0 Å². The molecule has 4 N–H and O–H groups in total. The van der Waals surface area contributed by atoms with Gasteiger partial charge in [-0.25, -0.2) is 9.18 Å². The van der Waals surface area contributed by atoms with E-state index in [1.165, 1.54) is 24.3 Å². The van der Waals surface area contributed by atoms with E-state index < -0.39 is 12.1 Å². The third-order valence-electron chi connectivity index (χ3n) is 2.90. The Morgan fingerprint density at radius 2 is 1.89 bits per heavy atom. The minimum atomic E-state index is -0.750. The minimum absolute atomic E-state index is 0.0621. The molecule has 0 saturated carbocycles. The van der Waals surface area contributed by atoms with Crippen molar-refractivity contribution in [3.63, 3.8) is 0 Å². The van der Waals surface area contributed by atoms with Gasteiger partial charge in [0, 0.05) is 5.69 Å². The van der Waals surface area contributed by atoms with Crippen LogP contribution in [-0.2, 0) is 4.79 Å². The Bertz CT molecular complexity index is 448. The minimum Gasteiger partial charge on any atom is -0.352 e. The Kier molecular flexibility index (Phi) is 5.29. The molecule has 19 heavy (non-hydrogen) atoms. The fraction of sp³-hybridized carbons (Fsp3) is 0.385. The first-order chi connectivity index (χ1) is 8.93. The van der Waals surface area contributed by atoms with Crippen molar-refractivity contribution in [3.05, 3.63) is 30.1 Å². The molecule has 0 heterocycles. The second-order valence-electron chi connectivity index (χ2n) is 4.37. The zero-order chi connectivity index (χ0) is 14.4. The van der Waals surface area contributed by atoms with Crippen molar-refractivity contribution in [2.75, 3.05) is 5.32 Å². The number of anilines is 1. The largest absolute Gasteiger partial charge is 0.352 e. The molecule has 0 aliphatic heterocycles. The highest BCUT2D eigenvalue weighted by atomic mass is 19.1. The van der Waals surface area contributed by atoms with Crippen LogP contribution in [-0.4, -0.2) is 18.0 Å². The summed E-state index contributed by atoms with van der Waals surface area (Å²) in [7, 11) is 0. The molecular weight excluding hydrogens is 249 g/mol. The van der Waals surface area contributed by atoms with Gasteiger partial charge in [-0.15, -0.1) is 0 Å². The highest BCUT2D eigenvalue weighted by Gasteiger charge is 2.25. The van der Waals surface area contributed by atoms with Gasteiger partial charge in [0.2, 0.25) is 5.91 Å². The summed E-state index contributed by atoms with van der Waals surface area (Å²) in [5, 5.41) is 5.03. The van der Waals surface area contributed by atoms with Crippen LogP contribution in [0.2, 0.25) is 0 Å². The van der Waals surface area contributed by atoms with Crippen LogP contribution in [0.4, 0.5) is 14.9 Å². The van der Waals surface area contributed by atoms with Crippen LogP contribution >= 0.6 is 0 Å². The van der Waals surface area contributed by atoms with E-state index in [2.05, 4.69) is 10.6 Å². The van der Waals surface area contributed by atoms with Gasteiger partial charge >= 0.3 is 6.03 Å². The van der Waals surface area contributed by atoms with Crippen molar-refractivity contribution in [3.8, 4) is 0 Å². The van der Waals surface area contributed by atoms with E-state index in [1.54, 1.807) is 0 Å². The number of primary amides is 1. The molecule has 104 valence electrons. The number of halogens is 1. The second kappa shape index (κ2) is 6.72. The standard InChI is InChI=1S/C13H18FN3O2/c1-3-8(2)11(17-13(15)19)12(18)16-10-6-4-9(14)5-7-10/h4-8,11H,3H2,1-2H3,(H,16,18)(H3,15,17,19)/t8-,11-/m0/s1. The van der Waals surface area contributed by atoms with Crippen molar-refractivity contribution >= 4 is 17.6 Å². The van der Waals surface area contributed by atoms with Crippen LogP contribution in [0.15, 0.2) is 24.3 Å². The summed E-state index contributed by atoms with van der Waals surface area (Å²) in [6.07, 6.45) is 0.710. The number of nitrogens with one attached hydrogen (secondary N) is 2. The molecule has 0 aliphatic carbocycles. The molecule has 5 nitrogen and oxygen atoms in total. The zero-order valence-electron chi connectivity index (χ0n) is 10.9. The van der Waals surface area contributed by atoms with Gasteiger partial charge in [-0.1, -0.05) is 20.3 Å². The van der Waals surface area contributed by atoms with E-state index in [9.17, 15) is 14.0 Å². The second-order valence-corrected chi connectivity index (χ2v) is 4.37. The summed E-state index contributed by atoms with van der Waals surface area (Å²) in [5.41, 5.74) is 5.52. The lowest BCUT2D eigenvalue weighted by atomic mass is 9.98. The van der Waals surface area contributed by atoms with Crippen molar-refractivity contribution in [2.45, 2.75) is 26.3 Å². The molecule has 6 heteroatoms. The monoisotopic (exact) mass is 267 g/mol. The normalized spacial score (nSPS) is 13.4. The maximum Gasteiger partial charge on any atom is 0.312 e. The summed E-state index contributed by atoms with van der Waals surface area (Å²) in [4.78, 5) is 23.0. The first-order valence-corrected chi connectivity index (χ1v) is 6.06. The van der Waals surface area contributed by atoms with Gasteiger partial charge in [0.1, 0.15) is 11.9 Å². The quantitative estimate of drug-likeness (QED) is 0.760.